The Morgan fingerprint density at radius 1 is 0.674 bits per heavy atom. The van der Waals surface area contributed by atoms with Crippen molar-refractivity contribution in [1.82, 2.24) is 0 Å². The molecule has 2 N–H and O–H groups in total. The van der Waals surface area contributed by atoms with Gasteiger partial charge in [0.2, 0.25) is 11.0 Å². The number of fused-ring (bicyclic) bond motifs is 2. The van der Waals surface area contributed by atoms with Crippen LogP contribution in [0.15, 0.2) is 105 Å². The van der Waals surface area contributed by atoms with Crippen LogP contribution >= 0.6 is 0 Å². The van der Waals surface area contributed by atoms with Gasteiger partial charge in [-0.1, -0.05) is 42.5 Å². The van der Waals surface area contributed by atoms with E-state index in [4.69, 9.17) is 4.42 Å². The van der Waals surface area contributed by atoms with Crippen molar-refractivity contribution < 1.29 is 35.4 Å². The van der Waals surface area contributed by atoms with Crippen LogP contribution in [0.4, 0.5) is 17.1 Å². The van der Waals surface area contributed by atoms with Gasteiger partial charge in [0.25, 0.3) is 0 Å². The summed E-state index contributed by atoms with van der Waals surface area (Å²) >= 11 is 0. The largest absolute Gasteiger partial charge is 0.744 e. The minimum absolute atomic E-state index is 0.236. The molecule has 9 nitrogen and oxygen atoms in total. The maximum absolute atomic E-state index is 12.4. The van der Waals surface area contributed by atoms with Crippen molar-refractivity contribution >= 4 is 48.3 Å². The highest BCUT2D eigenvalue weighted by molar-refractivity contribution is 7.86. The third-order valence-corrected chi connectivity index (χ3v) is 9.94. The SMILES string of the molecule is Cc1ccc(S(=O)(=O)[O-])c(C)c1Nc1ccc2c(-c3ccccc3S(=O)(=O)[O-])c3ccc(=[NH+]c4c(C)cccc4C)cc-3oc2c1. The van der Waals surface area contributed by atoms with Gasteiger partial charge in [0, 0.05) is 56.7 Å². The summed E-state index contributed by atoms with van der Waals surface area (Å²) in [6.45, 7) is 7.36. The van der Waals surface area contributed by atoms with E-state index in [1.807, 2.05) is 50.2 Å². The average molecular weight is 654 g/mol. The van der Waals surface area contributed by atoms with Gasteiger partial charge < -0.3 is 18.8 Å². The Bertz CT molecular complexity index is 2430. The van der Waals surface area contributed by atoms with E-state index in [1.165, 1.54) is 18.2 Å². The molecule has 4 aromatic rings. The lowest BCUT2D eigenvalue weighted by Crippen LogP contribution is -2.71. The van der Waals surface area contributed by atoms with Crippen LogP contribution in [0, 0.1) is 27.7 Å². The molecule has 1 aliphatic carbocycles. The number of hydrogen-bond acceptors (Lipinski definition) is 8. The van der Waals surface area contributed by atoms with E-state index in [9.17, 15) is 25.9 Å². The molecule has 234 valence electrons. The van der Waals surface area contributed by atoms with E-state index < -0.39 is 20.2 Å². The molecule has 0 amide bonds. The summed E-state index contributed by atoms with van der Waals surface area (Å²) in [7, 11) is -9.53. The lowest BCUT2D eigenvalue weighted by molar-refractivity contribution is -0.403. The van der Waals surface area contributed by atoms with Crippen LogP contribution in [-0.2, 0) is 20.2 Å². The van der Waals surface area contributed by atoms with E-state index in [0.717, 1.165) is 27.7 Å². The summed E-state index contributed by atoms with van der Waals surface area (Å²) in [5.74, 6) is 0.431. The van der Waals surface area contributed by atoms with Gasteiger partial charge in [-0.3, -0.25) is 0 Å². The highest BCUT2D eigenvalue weighted by Gasteiger charge is 2.22. The second-order valence-corrected chi connectivity index (χ2v) is 13.9. The van der Waals surface area contributed by atoms with Gasteiger partial charge in [-0.25, -0.2) is 21.8 Å². The highest BCUT2D eigenvalue weighted by Crippen LogP contribution is 2.43. The van der Waals surface area contributed by atoms with Crippen LogP contribution in [0.1, 0.15) is 22.3 Å². The number of para-hydroxylation sites is 1. The van der Waals surface area contributed by atoms with Crippen LogP contribution in [0.3, 0.4) is 0 Å². The molecule has 4 aromatic carbocycles. The first-order chi connectivity index (χ1) is 21.7. The van der Waals surface area contributed by atoms with Crippen LogP contribution in [0.25, 0.3) is 33.4 Å². The van der Waals surface area contributed by atoms with E-state index in [2.05, 4.69) is 10.3 Å². The Labute approximate surface area is 266 Å². The number of nitrogens with one attached hydrogen (secondary N) is 2. The van der Waals surface area contributed by atoms with Crippen molar-refractivity contribution in [2.24, 2.45) is 0 Å². The van der Waals surface area contributed by atoms with Gasteiger partial charge in [-0.2, -0.15) is 0 Å². The van der Waals surface area contributed by atoms with Crippen molar-refractivity contribution in [3.63, 3.8) is 0 Å². The van der Waals surface area contributed by atoms with Crippen LogP contribution in [0.5, 0.6) is 0 Å². The molecule has 0 spiro atoms. The van der Waals surface area contributed by atoms with E-state index in [0.29, 0.717) is 39.2 Å². The van der Waals surface area contributed by atoms with Crippen LogP contribution < -0.4 is 15.7 Å². The molecule has 0 saturated heterocycles. The summed E-state index contributed by atoms with van der Waals surface area (Å²) in [6.07, 6.45) is 0. The molecule has 0 aromatic heterocycles. The summed E-state index contributed by atoms with van der Waals surface area (Å²) in [6, 6.07) is 25.6. The second kappa shape index (κ2) is 11.5. The predicted octanol–water partition coefficient (Wildman–Crippen LogP) is 5.30. The topological polar surface area (TPSA) is 154 Å². The highest BCUT2D eigenvalue weighted by atomic mass is 32.2. The van der Waals surface area contributed by atoms with Crippen molar-refractivity contribution in [2.45, 2.75) is 37.5 Å². The molecule has 0 bridgehead atoms. The molecule has 0 fully saturated rings. The number of benzene rings is 5. The standard InChI is InChI=1S/C35H30N2O7S2/c1-20-8-7-9-21(2)34(20)36-24-13-15-26-29(18-24)44-30-19-25(37-35-22(3)12-17-31(23(35)4)45(38,39)40)14-16-27(30)33(26)28-10-5-6-11-32(28)46(41,42)43/h5-19,37H,1-4H3,(H,38,39,40)(H,41,42,43)/p-1. The van der Waals surface area contributed by atoms with Gasteiger partial charge in [-0.05, 0) is 69.2 Å². The van der Waals surface area contributed by atoms with Crippen molar-refractivity contribution in [3.8, 4) is 22.5 Å². The van der Waals surface area contributed by atoms with Crippen LogP contribution in [-0.4, -0.2) is 25.9 Å². The number of anilines is 2. The zero-order valence-corrected chi connectivity index (χ0v) is 27.0. The average Bonchev–Trinajstić information content (AvgIpc) is 2.98. The summed E-state index contributed by atoms with van der Waals surface area (Å²) in [5.41, 5.74) is 6.76. The first-order valence-corrected chi connectivity index (χ1v) is 17.1. The van der Waals surface area contributed by atoms with Gasteiger partial charge in [-0.15, -0.1) is 0 Å². The fourth-order valence-corrected chi connectivity index (χ4v) is 7.21. The van der Waals surface area contributed by atoms with Gasteiger partial charge in [0.15, 0.2) is 0 Å². The molecule has 46 heavy (non-hydrogen) atoms. The van der Waals surface area contributed by atoms with Gasteiger partial charge >= 0.3 is 0 Å². The number of aryl methyl sites for hydroxylation is 3. The Hall–Kier alpha value is -4.81. The normalized spacial score (nSPS) is 12.6. The zero-order chi connectivity index (χ0) is 33.0. The molecule has 11 heteroatoms. The van der Waals surface area contributed by atoms with Crippen LogP contribution in [0.2, 0.25) is 0 Å². The van der Waals surface area contributed by atoms with Crippen molar-refractivity contribution in [2.75, 3.05) is 5.32 Å². The van der Waals surface area contributed by atoms with E-state index in [-0.39, 0.29) is 20.9 Å². The molecule has 2 aliphatic rings. The smallest absolute Gasteiger partial charge is 0.209 e. The quantitative estimate of drug-likeness (QED) is 0.181. The van der Waals surface area contributed by atoms with Gasteiger partial charge in [0.05, 0.1) is 15.9 Å². The maximum Gasteiger partial charge on any atom is 0.209 e. The predicted molar refractivity (Wildman–Crippen MR) is 173 cm³/mol. The monoisotopic (exact) mass is 653 g/mol. The first-order valence-electron chi connectivity index (χ1n) is 14.3. The fourth-order valence-electron chi connectivity index (χ4n) is 5.82. The van der Waals surface area contributed by atoms with Crippen molar-refractivity contribution in [1.29, 1.82) is 0 Å². The zero-order valence-electron chi connectivity index (χ0n) is 25.3. The summed E-state index contributed by atoms with van der Waals surface area (Å²) < 4.78 is 79.1. The maximum atomic E-state index is 12.4. The lowest BCUT2D eigenvalue weighted by atomic mass is 9.93. The molecule has 0 unspecified atom stereocenters. The molecule has 0 atom stereocenters. The van der Waals surface area contributed by atoms with Crippen molar-refractivity contribution in [3.05, 3.63) is 119 Å². The van der Waals surface area contributed by atoms with E-state index in [1.54, 1.807) is 50.2 Å². The minimum atomic E-state index is -4.83. The lowest BCUT2D eigenvalue weighted by Gasteiger charge is -2.20. The molecule has 1 heterocycles. The molecule has 0 saturated carbocycles. The Morgan fingerprint density at radius 2 is 1.37 bits per heavy atom. The number of hydrogen-bond donors (Lipinski definition) is 2. The Balaban J connectivity index is 1.62. The molecule has 0 radical (unpaired) electrons. The molecule has 1 aliphatic heterocycles. The Kier molecular flexibility index (Phi) is 7.81. The third-order valence-electron chi connectivity index (χ3n) is 8.06. The summed E-state index contributed by atoms with van der Waals surface area (Å²) in [4.78, 5) is 2.78. The molecular weight excluding hydrogens is 625 g/mol. The Morgan fingerprint density at radius 3 is 2.07 bits per heavy atom. The number of rotatable bonds is 6. The van der Waals surface area contributed by atoms with Gasteiger partial charge in [0.1, 0.15) is 31.6 Å². The molecular formula is C35H29N2O7S2-. The molecule has 6 rings (SSSR count). The van der Waals surface area contributed by atoms with E-state index >= 15 is 0 Å². The summed E-state index contributed by atoms with van der Waals surface area (Å²) in [5, 5.41) is 4.51. The third kappa shape index (κ3) is 5.81. The fraction of sp³-hybridized carbons (Fsp3) is 0.114. The minimum Gasteiger partial charge on any atom is -0.744 e. The second-order valence-electron chi connectivity index (χ2n) is 11.2. The first kappa shape index (κ1) is 31.2.